The number of fused-ring (bicyclic) bond motifs is 2. The predicted molar refractivity (Wildman–Crippen MR) is 239 cm³/mol. The van der Waals surface area contributed by atoms with E-state index in [1.165, 1.54) is 0 Å². The summed E-state index contributed by atoms with van der Waals surface area (Å²) in [5, 5.41) is 28.5. The first kappa shape index (κ1) is 47.2. The third-order valence-corrected chi connectivity index (χ3v) is 12.6. The van der Waals surface area contributed by atoms with Crippen molar-refractivity contribution in [1.82, 2.24) is 41.9 Å². The zero-order valence-corrected chi connectivity index (χ0v) is 36.9. The van der Waals surface area contributed by atoms with E-state index >= 15 is 0 Å². The van der Waals surface area contributed by atoms with Gasteiger partial charge in [-0.2, -0.15) is 0 Å². The van der Waals surface area contributed by atoms with Gasteiger partial charge < -0.3 is 47.0 Å². The van der Waals surface area contributed by atoms with Gasteiger partial charge in [-0.1, -0.05) is 90.8 Å². The highest BCUT2D eigenvalue weighted by atomic mass is 32.2. The molecule has 0 radical (unpaired) electrons. The van der Waals surface area contributed by atoms with Crippen LogP contribution >= 0.6 is 11.8 Å². The summed E-state index contributed by atoms with van der Waals surface area (Å²) in [7, 11) is 0. The second-order valence-corrected chi connectivity index (χ2v) is 17.7. The largest absolute Gasteiger partial charge is 0.480 e. The van der Waals surface area contributed by atoms with Gasteiger partial charge in [0.2, 0.25) is 35.4 Å². The molecule has 1 fully saturated rings. The van der Waals surface area contributed by atoms with Crippen molar-refractivity contribution in [3.63, 3.8) is 0 Å². The summed E-state index contributed by atoms with van der Waals surface area (Å²) in [5.74, 6) is -6.53. The quantitative estimate of drug-likeness (QED) is 0.107. The molecule has 9 N–H and O–H groups in total. The Balaban J connectivity index is 1.59. The van der Waals surface area contributed by atoms with Gasteiger partial charge in [-0.15, -0.1) is 11.8 Å². The number of carboxylic acids is 1. The lowest BCUT2D eigenvalue weighted by atomic mass is 9.94. The van der Waals surface area contributed by atoms with E-state index in [0.717, 1.165) is 33.6 Å². The van der Waals surface area contributed by atoms with Gasteiger partial charge >= 0.3 is 5.97 Å². The average molecular weight is 873 g/mol. The van der Waals surface area contributed by atoms with Gasteiger partial charge in [-0.3, -0.25) is 28.8 Å². The van der Waals surface area contributed by atoms with E-state index in [2.05, 4.69) is 41.9 Å². The fourth-order valence-electron chi connectivity index (χ4n) is 7.55. The minimum Gasteiger partial charge on any atom is -0.480 e. The van der Waals surface area contributed by atoms with Crippen LogP contribution in [0.15, 0.2) is 60.9 Å². The van der Waals surface area contributed by atoms with Gasteiger partial charge in [-0.05, 0) is 47.4 Å². The van der Waals surface area contributed by atoms with Crippen LogP contribution in [0.1, 0.15) is 71.9 Å². The molecule has 0 aliphatic carbocycles. The van der Waals surface area contributed by atoms with Crippen LogP contribution in [0.3, 0.4) is 0 Å². The summed E-state index contributed by atoms with van der Waals surface area (Å²) in [6, 6.07) is 7.68. The fourth-order valence-corrected chi connectivity index (χ4v) is 8.40. The highest BCUT2D eigenvalue weighted by molar-refractivity contribution is 8.00. The van der Waals surface area contributed by atoms with Gasteiger partial charge in [0.1, 0.15) is 36.3 Å². The summed E-state index contributed by atoms with van der Waals surface area (Å²) in [6.07, 6.45) is 4.62. The Morgan fingerprint density at radius 1 is 0.629 bits per heavy atom. The number of hydrogen-bond acceptors (Lipinski definition) is 8. The van der Waals surface area contributed by atoms with E-state index in [1.54, 1.807) is 26.2 Å². The van der Waals surface area contributed by atoms with Crippen molar-refractivity contribution in [1.29, 1.82) is 0 Å². The molecule has 1 saturated heterocycles. The summed E-state index contributed by atoms with van der Waals surface area (Å²) in [5.41, 5.74) is 3.04. The van der Waals surface area contributed by atoms with Crippen molar-refractivity contribution in [2.75, 3.05) is 11.5 Å². The lowest BCUT2D eigenvalue weighted by Gasteiger charge is -2.30. The Labute approximate surface area is 365 Å². The molecule has 0 unspecified atom stereocenters. The van der Waals surface area contributed by atoms with Gasteiger partial charge in [0.25, 0.3) is 0 Å². The molecule has 62 heavy (non-hydrogen) atoms. The van der Waals surface area contributed by atoms with E-state index in [1.807, 2.05) is 76.2 Å². The van der Waals surface area contributed by atoms with Crippen molar-refractivity contribution in [3.8, 4) is 0 Å². The molecule has 0 spiro atoms. The van der Waals surface area contributed by atoms with Crippen LogP contribution in [0, 0.1) is 17.8 Å². The Kier molecular flexibility index (Phi) is 16.6. The standard InChI is InChI=1S/C45H60N8O8S/c1-7-25(5)38-44(59)53-39(26(6)8-2)43(58)50-35(19-28-21-47-32-16-12-10-14-30(28)32)42(57)49-34(18-27-20-46-31-15-11-9-13-29(27)31)41(56)48-33(17-24(3)4)40(55)51-36(45(60)61)22-62-23-37(54)52-38/h9-16,20-21,24-26,33-36,38-39,46-47H,7-8,17-19,22-23H2,1-6H3,(H,48,56)(H,49,57)(H,50,58)(H,51,55)(H,52,54)(H,53,59)(H,60,61)/t25-,26-,33-,34+,35-,36+,38-,39-/m0/s1. The minimum atomic E-state index is -1.42. The SMILES string of the molecule is CC[C@H](C)[C@@H]1NC(=O)CSC[C@H](C(=O)O)NC(=O)[C@H](CC(C)C)NC(=O)[C@@H](Cc2c[nH]c3ccccc23)NC(=O)[C@H](Cc2c[nH]c3ccccc23)NC(=O)[C@H]([C@@H](C)CC)NC1=O. The van der Waals surface area contributed by atoms with Crippen molar-refractivity contribution in [2.24, 2.45) is 17.8 Å². The molecular formula is C45H60N8O8S. The molecule has 4 aromatic rings. The van der Waals surface area contributed by atoms with Crippen molar-refractivity contribution in [3.05, 3.63) is 72.1 Å². The summed E-state index contributed by atoms with van der Waals surface area (Å²) in [6.45, 7) is 11.0. The minimum absolute atomic E-state index is 0.00234. The molecule has 8 atom stereocenters. The highest BCUT2D eigenvalue weighted by Crippen LogP contribution is 2.22. The lowest BCUT2D eigenvalue weighted by Crippen LogP contribution is -2.61. The van der Waals surface area contributed by atoms with Crippen LogP contribution in [0.2, 0.25) is 0 Å². The maximum absolute atomic E-state index is 14.7. The van der Waals surface area contributed by atoms with Crippen LogP contribution in [0.5, 0.6) is 0 Å². The van der Waals surface area contributed by atoms with Crippen LogP contribution in [0.25, 0.3) is 21.8 Å². The highest BCUT2D eigenvalue weighted by Gasteiger charge is 2.36. The molecule has 5 rings (SSSR count). The molecule has 1 aliphatic rings. The normalized spacial score (nSPS) is 23.9. The summed E-state index contributed by atoms with van der Waals surface area (Å²) >= 11 is 0.962. The van der Waals surface area contributed by atoms with E-state index in [4.69, 9.17) is 0 Å². The number of aliphatic carboxylic acids is 1. The second kappa shape index (κ2) is 21.8. The first-order valence-corrected chi connectivity index (χ1v) is 22.5. The third-order valence-electron chi connectivity index (χ3n) is 11.5. The maximum Gasteiger partial charge on any atom is 0.327 e. The topological polar surface area (TPSA) is 243 Å². The number of carbonyl (C=O) groups is 7. The number of thioether (sulfide) groups is 1. The molecule has 2 aromatic heterocycles. The molecule has 0 bridgehead atoms. The second-order valence-electron chi connectivity index (χ2n) is 16.7. The van der Waals surface area contributed by atoms with Crippen molar-refractivity contribution >= 4 is 75.0 Å². The predicted octanol–water partition coefficient (Wildman–Crippen LogP) is 3.31. The Morgan fingerprint density at radius 3 is 1.58 bits per heavy atom. The van der Waals surface area contributed by atoms with Crippen LogP contribution in [-0.4, -0.2) is 104 Å². The molecule has 1 aliphatic heterocycles. The molecule has 334 valence electrons. The van der Waals surface area contributed by atoms with Gasteiger partial charge in [0, 0.05) is 52.8 Å². The van der Waals surface area contributed by atoms with Crippen molar-refractivity contribution < 1.29 is 38.7 Å². The number of H-pyrrole nitrogens is 2. The Hall–Kier alpha value is -5.84. The first-order valence-electron chi connectivity index (χ1n) is 21.3. The molecule has 3 heterocycles. The number of amides is 6. The fraction of sp³-hybridized carbons (Fsp3) is 0.489. The molecule has 6 amide bonds. The van der Waals surface area contributed by atoms with E-state index < -0.39 is 83.6 Å². The summed E-state index contributed by atoms with van der Waals surface area (Å²) < 4.78 is 0. The third kappa shape index (κ3) is 12.2. The number of benzene rings is 2. The average Bonchev–Trinajstić information content (AvgIpc) is 3.85. The van der Waals surface area contributed by atoms with Gasteiger partial charge in [0.15, 0.2) is 0 Å². The van der Waals surface area contributed by atoms with Crippen LogP contribution in [-0.2, 0) is 46.4 Å². The summed E-state index contributed by atoms with van der Waals surface area (Å²) in [4.78, 5) is 104. The van der Waals surface area contributed by atoms with E-state index in [-0.39, 0.29) is 42.6 Å². The first-order chi connectivity index (χ1) is 29.6. The number of carboxylic acid groups (broad SMARTS) is 1. The van der Waals surface area contributed by atoms with Crippen LogP contribution < -0.4 is 31.9 Å². The number of hydrogen-bond donors (Lipinski definition) is 9. The van der Waals surface area contributed by atoms with Gasteiger partial charge in [-0.25, -0.2) is 4.79 Å². The number of aromatic amines is 2. The van der Waals surface area contributed by atoms with E-state index in [9.17, 15) is 38.7 Å². The molecule has 2 aromatic carbocycles. The number of para-hydroxylation sites is 2. The molecule has 0 saturated carbocycles. The maximum atomic E-state index is 14.7. The molecule has 17 heteroatoms. The van der Waals surface area contributed by atoms with Gasteiger partial charge in [0.05, 0.1) is 5.75 Å². The number of aromatic nitrogens is 2. The Morgan fingerprint density at radius 2 is 1.08 bits per heavy atom. The zero-order chi connectivity index (χ0) is 45.1. The zero-order valence-electron chi connectivity index (χ0n) is 36.1. The smallest absolute Gasteiger partial charge is 0.327 e. The van der Waals surface area contributed by atoms with E-state index in [0.29, 0.717) is 24.0 Å². The number of rotatable bonds is 11. The Bertz CT molecular complexity index is 2240. The monoisotopic (exact) mass is 872 g/mol. The molecular weight excluding hydrogens is 813 g/mol. The lowest BCUT2D eigenvalue weighted by molar-refractivity contribution is -0.141. The van der Waals surface area contributed by atoms with Crippen LogP contribution in [0.4, 0.5) is 0 Å². The number of carbonyl (C=O) groups excluding carboxylic acids is 6. The van der Waals surface area contributed by atoms with Crippen molar-refractivity contribution in [2.45, 2.75) is 110 Å². The molecule has 16 nitrogen and oxygen atoms in total. The number of nitrogens with one attached hydrogen (secondary N) is 8.